The first-order chi connectivity index (χ1) is 9.66. The molecule has 1 aliphatic carbocycles. The van der Waals surface area contributed by atoms with Gasteiger partial charge in [-0.15, -0.1) is 11.3 Å². The zero-order valence-corrected chi connectivity index (χ0v) is 11.7. The maximum absolute atomic E-state index is 11.2. The number of anilines is 2. The lowest BCUT2D eigenvalue weighted by Crippen LogP contribution is -2.16. The fourth-order valence-corrected chi connectivity index (χ4v) is 3.69. The van der Waals surface area contributed by atoms with Crippen molar-refractivity contribution < 1.29 is 4.92 Å². The quantitative estimate of drug-likeness (QED) is 0.512. The monoisotopic (exact) mass is 289 g/mol. The second-order valence-electron chi connectivity index (χ2n) is 4.89. The van der Waals surface area contributed by atoms with Gasteiger partial charge in [0.15, 0.2) is 0 Å². The minimum atomic E-state index is -0.422. The highest BCUT2D eigenvalue weighted by atomic mass is 32.1. The first-order valence-electron chi connectivity index (χ1n) is 6.52. The predicted molar refractivity (Wildman–Crippen MR) is 81.1 cm³/mol. The van der Waals surface area contributed by atoms with Crippen molar-refractivity contribution in [1.82, 2.24) is 0 Å². The van der Waals surface area contributed by atoms with Crippen LogP contribution in [0.5, 0.6) is 0 Å². The molecule has 2 aromatic rings. The highest BCUT2D eigenvalue weighted by Crippen LogP contribution is 2.38. The molecular formula is C14H15N3O2S. The SMILES string of the molecule is Nc1cccc(NC2CCCc3sccc32)c1[N+](=O)[O-]. The zero-order chi connectivity index (χ0) is 14.1. The number of thiophene rings is 1. The number of hydrogen-bond donors (Lipinski definition) is 2. The van der Waals surface area contributed by atoms with Gasteiger partial charge in [-0.2, -0.15) is 0 Å². The molecule has 1 unspecified atom stereocenters. The van der Waals surface area contributed by atoms with Gasteiger partial charge in [0, 0.05) is 4.88 Å². The summed E-state index contributed by atoms with van der Waals surface area (Å²) in [6.07, 6.45) is 3.18. The first kappa shape index (κ1) is 12.9. The Morgan fingerprint density at radius 1 is 1.40 bits per heavy atom. The van der Waals surface area contributed by atoms with Crippen LogP contribution >= 0.6 is 11.3 Å². The average Bonchev–Trinajstić information content (AvgIpc) is 2.87. The topological polar surface area (TPSA) is 81.2 Å². The molecule has 6 heteroatoms. The number of fused-ring (bicyclic) bond motifs is 1. The van der Waals surface area contributed by atoms with E-state index in [0.29, 0.717) is 5.69 Å². The largest absolute Gasteiger partial charge is 0.393 e. The Labute approximate surface area is 120 Å². The van der Waals surface area contributed by atoms with Crippen molar-refractivity contribution >= 4 is 28.4 Å². The summed E-state index contributed by atoms with van der Waals surface area (Å²) in [4.78, 5) is 12.1. The van der Waals surface area contributed by atoms with Gasteiger partial charge in [0.1, 0.15) is 11.4 Å². The van der Waals surface area contributed by atoms with Crippen LogP contribution in [0.15, 0.2) is 29.6 Å². The van der Waals surface area contributed by atoms with Gasteiger partial charge in [-0.1, -0.05) is 6.07 Å². The molecule has 0 spiro atoms. The summed E-state index contributed by atoms with van der Waals surface area (Å²) < 4.78 is 0. The lowest BCUT2D eigenvalue weighted by Gasteiger charge is -2.24. The molecule has 5 nitrogen and oxygen atoms in total. The molecule has 0 radical (unpaired) electrons. The summed E-state index contributed by atoms with van der Waals surface area (Å²) >= 11 is 1.75. The number of hydrogen-bond acceptors (Lipinski definition) is 5. The van der Waals surface area contributed by atoms with E-state index in [1.54, 1.807) is 29.5 Å². The lowest BCUT2D eigenvalue weighted by atomic mass is 9.94. The molecule has 1 aromatic heterocycles. The highest BCUT2D eigenvalue weighted by Gasteiger charge is 2.25. The molecule has 1 aliphatic rings. The van der Waals surface area contributed by atoms with E-state index in [1.807, 2.05) is 0 Å². The number of para-hydroxylation sites is 1. The Morgan fingerprint density at radius 2 is 2.25 bits per heavy atom. The van der Waals surface area contributed by atoms with Crippen molar-refractivity contribution in [2.75, 3.05) is 11.1 Å². The van der Waals surface area contributed by atoms with Gasteiger partial charge in [0.25, 0.3) is 0 Å². The van der Waals surface area contributed by atoms with Gasteiger partial charge in [0.05, 0.1) is 11.0 Å². The van der Waals surface area contributed by atoms with Crippen molar-refractivity contribution in [1.29, 1.82) is 0 Å². The molecular weight excluding hydrogens is 274 g/mol. The summed E-state index contributed by atoms with van der Waals surface area (Å²) in [5, 5.41) is 16.5. The van der Waals surface area contributed by atoms with Crippen molar-refractivity contribution in [3.8, 4) is 0 Å². The number of nitro groups is 1. The third-order valence-corrected chi connectivity index (χ3v) is 4.63. The van der Waals surface area contributed by atoms with Gasteiger partial charge in [-0.05, 0) is 48.4 Å². The summed E-state index contributed by atoms with van der Waals surface area (Å²) in [6.45, 7) is 0. The molecule has 1 atom stereocenters. The number of benzene rings is 1. The Kier molecular flexibility index (Phi) is 3.31. The highest BCUT2D eigenvalue weighted by molar-refractivity contribution is 7.10. The third-order valence-electron chi connectivity index (χ3n) is 3.63. The fraction of sp³-hybridized carbons (Fsp3) is 0.286. The predicted octanol–water partition coefficient (Wildman–Crippen LogP) is 3.73. The van der Waals surface area contributed by atoms with Crippen LogP contribution in [0.25, 0.3) is 0 Å². The van der Waals surface area contributed by atoms with E-state index in [1.165, 1.54) is 10.4 Å². The van der Waals surface area contributed by atoms with Gasteiger partial charge in [0.2, 0.25) is 0 Å². The molecule has 0 bridgehead atoms. The van der Waals surface area contributed by atoms with Crippen molar-refractivity contribution in [3.05, 3.63) is 50.2 Å². The average molecular weight is 289 g/mol. The first-order valence-corrected chi connectivity index (χ1v) is 7.40. The standard InChI is InChI=1S/C14H15N3O2S/c15-10-3-1-5-12(14(10)17(18)19)16-11-4-2-6-13-9(11)7-8-20-13/h1,3,5,7-8,11,16H,2,4,6,15H2. The van der Waals surface area contributed by atoms with Gasteiger partial charge >= 0.3 is 5.69 Å². The maximum Gasteiger partial charge on any atom is 0.314 e. The van der Waals surface area contributed by atoms with E-state index in [4.69, 9.17) is 5.73 Å². The summed E-state index contributed by atoms with van der Waals surface area (Å²) in [5.41, 5.74) is 7.65. The number of rotatable bonds is 3. The Hall–Kier alpha value is -2.08. The van der Waals surface area contributed by atoms with Gasteiger partial charge < -0.3 is 11.1 Å². The molecule has 0 aliphatic heterocycles. The van der Waals surface area contributed by atoms with Crippen LogP contribution in [0.4, 0.5) is 17.1 Å². The molecule has 104 valence electrons. The van der Waals surface area contributed by atoms with Crippen LogP contribution in [0.2, 0.25) is 0 Å². The van der Waals surface area contributed by atoms with E-state index in [0.717, 1.165) is 19.3 Å². The van der Waals surface area contributed by atoms with Crippen molar-refractivity contribution in [2.45, 2.75) is 25.3 Å². The van der Waals surface area contributed by atoms with Crippen LogP contribution in [-0.4, -0.2) is 4.92 Å². The van der Waals surface area contributed by atoms with Gasteiger partial charge in [-0.25, -0.2) is 0 Å². The number of nitro benzene ring substituents is 1. The van der Waals surface area contributed by atoms with Crippen LogP contribution in [0, 0.1) is 10.1 Å². The molecule has 0 saturated heterocycles. The Balaban J connectivity index is 1.94. The molecule has 3 rings (SSSR count). The number of nitrogens with zero attached hydrogens (tertiary/aromatic N) is 1. The Morgan fingerprint density at radius 3 is 3.05 bits per heavy atom. The smallest absolute Gasteiger partial charge is 0.314 e. The normalized spacial score (nSPS) is 17.5. The molecule has 1 aromatic carbocycles. The number of nitrogens with two attached hydrogens (primary N) is 1. The minimum Gasteiger partial charge on any atom is -0.393 e. The van der Waals surface area contributed by atoms with Crippen LogP contribution in [0.3, 0.4) is 0 Å². The van der Waals surface area contributed by atoms with Crippen LogP contribution in [-0.2, 0) is 6.42 Å². The molecule has 20 heavy (non-hydrogen) atoms. The van der Waals surface area contributed by atoms with Gasteiger partial charge in [-0.3, -0.25) is 10.1 Å². The molecule has 0 saturated carbocycles. The minimum absolute atomic E-state index is 0.0325. The Bertz CT molecular complexity index is 654. The number of nitrogens with one attached hydrogen (secondary N) is 1. The molecule has 1 heterocycles. The number of nitrogen functional groups attached to an aromatic ring is 1. The van der Waals surface area contributed by atoms with E-state index in [-0.39, 0.29) is 17.4 Å². The maximum atomic E-state index is 11.2. The summed E-state index contributed by atoms with van der Waals surface area (Å²) in [7, 11) is 0. The fourth-order valence-electron chi connectivity index (χ4n) is 2.71. The van der Waals surface area contributed by atoms with Crippen molar-refractivity contribution in [2.24, 2.45) is 0 Å². The second kappa shape index (κ2) is 5.13. The molecule has 0 fully saturated rings. The van der Waals surface area contributed by atoms with E-state index >= 15 is 0 Å². The summed E-state index contributed by atoms with van der Waals surface area (Å²) in [5.74, 6) is 0. The van der Waals surface area contributed by atoms with E-state index in [2.05, 4.69) is 16.8 Å². The third kappa shape index (κ3) is 2.22. The lowest BCUT2D eigenvalue weighted by molar-refractivity contribution is -0.383. The molecule has 0 amide bonds. The zero-order valence-electron chi connectivity index (χ0n) is 10.8. The number of aryl methyl sites for hydroxylation is 1. The van der Waals surface area contributed by atoms with E-state index < -0.39 is 4.92 Å². The second-order valence-corrected chi connectivity index (χ2v) is 5.89. The van der Waals surface area contributed by atoms with Crippen LogP contribution in [0.1, 0.15) is 29.3 Å². The molecule has 3 N–H and O–H groups in total. The summed E-state index contributed by atoms with van der Waals surface area (Å²) in [6, 6.07) is 7.25. The van der Waals surface area contributed by atoms with Crippen LogP contribution < -0.4 is 11.1 Å². The van der Waals surface area contributed by atoms with E-state index in [9.17, 15) is 10.1 Å². The van der Waals surface area contributed by atoms with Crippen molar-refractivity contribution in [3.63, 3.8) is 0 Å².